The predicted molar refractivity (Wildman–Crippen MR) is 54.9 cm³/mol. The quantitative estimate of drug-likeness (QED) is 0.865. The summed E-state index contributed by atoms with van der Waals surface area (Å²) in [4.78, 5) is 0. The predicted octanol–water partition coefficient (Wildman–Crippen LogP) is 3.35. The van der Waals surface area contributed by atoms with Crippen molar-refractivity contribution in [3.8, 4) is 11.5 Å². The highest BCUT2D eigenvalue weighted by molar-refractivity contribution is 5.50. The average molecular weight is 283 g/mol. The molecule has 1 heterocycles. The molecular weight excluding hydrogens is 273 g/mol. The van der Waals surface area contributed by atoms with Crippen LogP contribution < -0.4 is 15.2 Å². The molecular formula is C11H10F5NO2. The third-order valence-corrected chi connectivity index (χ3v) is 2.60. The number of nitrogens with two attached hydrogens (primary N) is 1. The lowest BCUT2D eigenvalue weighted by Crippen LogP contribution is -2.26. The van der Waals surface area contributed by atoms with Crippen molar-refractivity contribution in [3.05, 3.63) is 23.8 Å². The summed E-state index contributed by atoms with van der Waals surface area (Å²) in [7, 11) is 0. The third kappa shape index (κ3) is 3.25. The fourth-order valence-corrected chi connectivity index (χ4v) is 1.76. The number of halogens is 5. The Morgan fingerprint density at radius 3 is 2.53 bits per heavy atom. The summed E-state index contributed by atoms with van der Waals surface area (Å²) < 4.78 is 70.5. The van der Waals surface area contributed by atoms with Crippen molar-refractivity contribution >= 4 is 0 Å². The fraction of sp³-hybridized carbons (Fsp3) is 0.455. The van der Waals surface area contributed by atoms with Gasteiger partial charge >= 0.3 is 12.5 Å². The van der Waals surface area contributed by atoms with E-state index in [1.807, 2.05) is 0 Å². The van der Waals surface area contributed by atoms with Gasteiger partial charge in [-0.25, -0.2) is 0 Å². The zero-order valence-corrected chi connectivity index (χ0v) is 9.51. The first-order valence-electron chi connectivity index (χ1n) is 5.39. The van der Waals surface area contributed by atoms with Crippen LogP contribution in [-0.4, -0.2) is 12.5 Å². The Hall–Kier alpha value is -1.57. The number of ether oxygens (including phenoxy) is 2. The molecule has 106 valence electrons. The molecule has 0 saturated heterocycles. The van der Waals surface area contributed by atoms with Crippen LogP contribution in [0.4, 0.5) is 22.0 Å². The molecule has 0 fully saturated rings. The molecule has 1 aliphatic heterocycles. The van der Waals surface area contributed by atoms with Crippen LogP contribution in [-0.2, 0) is 0 Å². The molecule has 0 amide bonds. The van der Waals surface area contributed by atoms with Crippen LogP contribution in [0.1, 0.15) is 24.4 Å². The van der Waals surface area contributed by atoms with E-state index in [2.05, 4.69) is 9.47 Å². The summed E-state index contributed by atoms with van der Waals surface area (Å²) in [5.41, 5.74) is 5.65. The second-order valence-corrected chi connectivity index (χ2v) is 4.10. The molecule has 0 saturated carbocycles. The Kier molecular flexibility index (Phi) is 3.29. The van der Waals surface area contributed by atoms with Crippen LogP contribution >= 0.6 is 0 Å². The number of hydrogen-bond donors (Lipinski definition) is 1. The largest absolute Gasteiger partial charge is 0.586 e. The molecule has 1 aliphatic rings. The molecule has 1 aromatic carbocycles. The molecule has 3 nitrogen and oxygen atoms in total. The third-order valence-electron chi connectivity index (χ3n) is 2.60. The minimum Gasteiger partial charge on any atom is -0.395 e. The Morgan fingerprint density at radius 2 is 1.89 bits per heavy atom. The number of hydrogen-bond acceptors (Lipinski definition) is 3. The minimum atomic E-state index is -4.35. The molecule has 0 aliphatic carbocycles. The second kappa shape index (κ2) is 4.52. The lowest BCUT2D eigenvalue weighted by Gasteiger charge is -2.15. The first kappa shape index (κ1) is 13.9. The van der Waals surface area contributed by atoms with Gasteiger partial charge in [-0.3, -0.25) is 0 Å². The first-order valence-corrected chi connectivity index (χ1v) is 5.39. The number of rotatable bonds is 3. The zero-order valence-electron chi connectivity index (χ0n) is 9.51. The van der Waals surface area contributed by atoms with Crippen molar-refractivity contribution in [3.63, 3.8) is 0 Å². The van der Waals surface area contributed by atoms with Crippen molar-refractivity contribution < 1.29 is 31.4 Å². The molecule has 1 aromatic rings. The summed E-state index contributed by atoms with van der Waals surface area (Å²) in [6.45, 7) is 0. The smallest absolute Gasteiger partial charge is 0.395 e. The number of fused-ring (bicyclic) bond motifs is 1. The summed E-state index contributed by atoms with van der Waals surface area (Å²) in [5.74, 6) is -0.535. The molecule has 19 heavy (non-hydrogen) atoms. The van der Waals surface area contributed by atoms with Crippen molar-refractivity contribution in [2.24, 2.45) is 5.73 Å². The summed E-state index contributed by atoms with van der Waals surface area (Å²) in [6, 6.07) is 2.88. The SMILES string of the molecule is N[C@H](CCC(F)(F)F)c1cccc2c1OC(F)(F)O2. The molecule has 0 unspecified atom stereocenters. The maximum absolute atomic E-state index is 12.9. The van der Waals surface area contributed by atoms with E-state index in [1.54, 1.807) is 0 Å². The Labute approximate surface area is 105 Å². The van der Waals surface area contributed by atoms with Crippen LogP contribution in [0, 0.1) is 0 Å². The van der Waals surface area contributed by atoms with E-state index in [-0.39, 0.29) is 17.1 Å². The monoisotopic (exact) mass is 283 g/mol. The average Bonchev–Trinajstić information content (AvgIpc) is 2.58. The van der Waals surface area contributed by atoms with Gasteiger partial charge in [-0.1, -0.05) is 12.1 Å². The van der Waals surface area contributed by atoms with Gasteiger partial charge in [0.15, 0.2) is 11.5 Å². The minimum absolute atomic E-state index is 0.0684. The van der Waals surface area contributed by atoms with Gasteiger partial charge in [-0.15, -0.1) is 8.78 Å². The van der Waals surface area contributed by atoms with E-state index in [9.17, 15) is 22.0 Å². The van der Waals surface area contributed by atoms with E-state index in [0.717, 1.165) is 0 Å². The van der Waals surface area contributed by atoms with Gasteiger partial charge in [0, 0.05) is 18.0 Å². The van der Waals surface area contributed by atoms with Crippen LogP contribution in [0.25, 0.3) is 0 Å². The molecule has 0 bridgehead atoms. The second-order valence-electron chi connectivity index (χ2n) is 4.10. The lowest BCUT2D eigenvalue weighted by atomic mass is 10.0. The molecule has 2 rings (SSSR count). The molecule has 1 atom stereocenters. The highest BCUT2D eigenvalue weighted by atomic mass is 19.4. The van der Waals surface area contributed by atoms with E-state index in [4.69, 9.17) is 5.73 Å². The van der Waals surface area contributed by atoms with Crippen LogP contribution in [0.3, 0.4) is 0 Å². The van der Waals surface area contributed by atoms with Crippen LogP contribution in [0.2, 0.25) is 0 Å². The molecule has 0 spiro atoms. The molecule has 0 radical (unpaired) electrons. The van der Waals surface area contributed by atoms with Crippen molar-refractivity contribution in [1.82, 2.24) is 0 Å². The molecule has 0 aromatic heterocycles. The van der Waals surface area contributed by atoms with Crippen LogP contribution in [0.15, 0.2) is 18.2 Å². The summed E-state index contributed by atoms with van der Waals surface area (Å²) in [6.07, 6.45) is -9.69. The van der Waals surface area contributed by atoms with Gasteiger partial charge in [-0.2, -0.15) is 13.2 Å². The van der Waals surface area contributed by atoms with Gasteiger partial charge in [0.2, 0.25) is 0 Å². The van der Waals surface area contributed by atoms with E-state index < -0.39 is 31.4 Å². The first-order chi connectivity index (χ1) is 8.68. The zero-order chi connectivity index (χ0) is 14.3. The Balaban J connectivity index is 2.16. The van der Waals surface area contributed by atoms with Gasteiger partial charge < -0.3 is 15.2 Å². The van der Waals surface area contributed by atoms with Gasteiger partial charge in [-0.05, 0) is 12.5 Å². The van der Waals surface area contributed by atoms with Gasteiger partial charge in [0.25, 0.3) is 0 Å². The highest BCUT2D eigenvalue weighted by Gasteiger charge is 2.45. The topological polar surface area (TPSA) is 44.5 Å². The summed E-state index contributed by atoms with van der Waals surface area (Å²) in [5, 5.41) is 0. The van der Waals surface area contributed by atoms with E-state index in [0.29, 0.717) is 0 Å². The maximum atomic E-state index is 12.9. The van der Waals surface area contributed by atoms with Crippen molar-refractivity contribution in [1.29, 1.82) is 0 Å². The van der Waals surface area contributed by atoms with Gasteiger partial charge in [0.05, 0.1) is 0 Å². The standard InChI is InChI=1S/C11H10F5NO2/c12-10(13,14)5-4-7(17)6-2-1-3-8-9(6)19-11(15,16)18-8/h1-3,7H,4-5,17H2/t7-/m1/s1. The lowest BCUT2D eigenvalue weighted by molar-refractivity contribution is -0.287. The summed E-state index contributed by atoms with van der Waals surface area (Å²) >= 11 is 0. The van der Waals surface area contributed by atoms with E-state index >= 15 is 0 Å². The molecule has 8 heteroatoms. The molecule has 2 N–H and O–H groups in total. The highest BCUT2D eigenvalue weighted by Crippen LogP contribution is 2.45. The van der Waals surface area contributed by atoms with Crippen molar-refractivity contribution in [2.45, 2.75) is 31.4 Å². The van der Waals surface area contributed by atoms with Crippen molar-refractivity contribution in [2.75, 3.05) is 0 Å². The number of alkyl halides is 5. The van der Waals surface area contributed by atoms with E-state index in [1.165, 1.54) is 18.2 Å². The number of para-hydroxylation sites is 1. The van der Waals surface area contributed by atoms with Crippen LogP contribution in [0.5, 0.6) is 11.5 Å². The maximum Gasteiger partial charge on any atom is 0.586 e. The number of benzene rings is 1. The Bertz CT molecular complexity index is 475. The Morgan fingerprint density at radius 1 is 1.21 bits per heavy atom. The fourth-order valence-electron chi connectivity index (χ4n) is 1.76. The normalized spacial score (nSPS) is 18.4. The van der Waals surface area contributed by atoms with Gasteiger partial charge in [0.1, 0.15) is 0 Å².